The molecule has 3 rings (SSSR count). The Kier molecular flexibility index (Phi) is 5.54. The first-order valence-electron chi connectivity index (χ1n) is 8.18. The molecule has 2 N–H and O–H groups in total. The van der Waals surface area contributed by atoms with Crippen molar-refractivity contribution in [3.05, 3.63) is 94.8 Å². The number of carbonyl (C=O) groups is 1. The summed E-state index contributed by atoms with van der Waals surface area (Å²) in [4.78, 5) is 13.0. The van der Waals surface area contributed by atoms with Crippen LogP contribution in [0, 0.1) is 12.7 Å². The highest BCUT2D eigenvalue weighted by Crippen LogP contribution is 2.28. The molecule has 0 fully saturated rings. The van der Waals surface area contributed by atoms with Crippen LogP contribution in [0.2, 0.25) is 5.02 Å². The third kappa shape index (κ3) is 4.03. The lowest BCUT2D eigenvalue weighted by atomic mass is 10.0. The van der Waals surface area contributed by atoms with Gasteiger partial charge in [-0.1, -0.05) is 60.1 Å². The summed E-state index contributed by atoms with van der Waals surface area (Å²) in [5, 5.41) is 6.36. The summed E-state index contributed by atoms with van der Waals surface area (Å²) < 4.78 is 14.4. The van der Waals surface area contributed by atoms with Crippen molar-refractivity contribution in [1.29, 1.82) is 0 Å². The second-order valence-electron chi connectivity index (χ2n) is 5.89. The highest BCUT2D eigenvalue weighted by Gasteiger charge is 2.24. The number of para-hydroxylation sites is 2. The van der Waals surface area contributed by atoms with Gasteiger partial charge in [-0.2, -0.15) is 0 Å². The lowest BCUT2D eigenvalue weighted by Gasteiger charge is -2.21. The van der Waals surface area contributed by atoms with E-state index in [1.165, 1.54) is 6.07 Å². The number of benzene rings is 3. The van der Waals surface area contributed by atoms with Crippen LogP contribution in [0.1, 0.15) is 17.2 Å². The molecule has 0 spiro atoms. The maximum Gasteiger partial charge on any atom is 0.251 e. The van der Waals surface area contributed by atoms with E-state index in [4.69, 9.17) is 11.6 Å². The van der Waals surface area contributed by atoms with Crippen LogP contribution in [0.4, 0.5) is 15.8 Å². The summed E-state index contributed by atoms with van der Waals surface area (Å²) in [6.45, 7) is 1.85. The van der Waals surface area contributed by atoms with Crippen molar-refractivity contribution < 1.29 is 9.18 Å². The zero-order valence-electron chi connectivity index (χ0n) is 14.2. The molecule has 3 aromatic rings. The van der Waals surface area contributed by atoms with Crippen molar-refractivity contribution in [1.82, 2.24) is 0 Å². The van der Waals surface area contributed by atoms with Crippen LogP contribution in [0.15, 0.2) is 72.8 Å². The summed E-state index contributed by atoms with van der Waals surface area (Å²) in [5.41, 5.74) is 2.33. The lowest BCUT2D eigenvalue weighted by molar-refractivity contribution is -0.117. The Morgan fingerprint density at radius 3 is 2.35 bits per heavy atom. The summed E-state index contributed by atoms with van der Waals surface area (Å²) in [6, 6.07) is 19.9. The normalized spacial score (nSPS) is 11.7. The SMILES string of the molecule is Cc1cccc(Cl)c1NC(=O)C(Nc1ccccc1)c1ccccc1F. The molecule has 5 heteroatoms. The van der Waals surface area contributed by atoms with Crippen molar-refractivity contribution in [2.24, 2.45) is 0 Å². The van der Waals surface area contributed by atoms with Gasteiger partial charge in [0.05, 0.1) is 10.7 Å². The number of nitrogens with one attached hydrogen (secondary N) is 2. The molecule has 0 saturated heterocycles. The lowest BCUT2D eigenvalue weighted by Crippen LogP contribution is -2.28. The van der Waals surface area contributed by atoms with Gasteiger partial charge in [0.25, 0.3) is 5.91 Å². The summed E-state index contributed by atoms with van der Waals surface area (Å²) in [6.07, 6.45) is 0. The van der Waals surface area contributed by atoms with E-state index in [1.807, 2.05) is 49.4 Å². The van der Waals surface area contributed by atoms with E-state index < -0.39 is 17.8 Å². The van der Waals surface area contributed by atoms with Gasteiger partial charge in [-0.05, 0) is 36.8 Å². The average Bonchev–Trinajstić information content (AvgIpc) is 2.64. The molecular formula is C21H18ClFN2O. The van der Waals surface area contributed by atoms with Crippen LogP contribution in [0.5, 0.6) is 0 Å². The minimum Gasteiger partial charge on any atom is -0.370 e. The number of hydrogen-bond acceptors (Lipinski definition) is 2. The highest BCUT2D eigenvalue weighted by atomic mass is 35.5. The van der Waals surface area contributed by atoms with E-state index >= 15 is 0 Å². The number of amides is 1. The van der Waals surface area contributed by atoms with Gasteiger partial charge in [-0.25, -0.2) is 4.39 Å². The smallest absolute Gasteiger partial charge is 0.251 e. The number of hydrogen-bond donors (Lipinski definition) is 2. The van der Waals surface area contributed by atoms with E-state index in [0.29, 0.717) is 16.4 Å². The Labute approximate surface area is 156 Å². The third-order valence-corrected chi connectivity index (χ3v) is 4.35. The van der Waals surface area contributed by atoms with Gasteiger partial charge in [0.2, 0.25) is 0 Å². The Hall–Kier alpha value is -2.85. The molecular weight excluding hydrogens is 351 g/mol. The van der Waals surface area contributed by atoms with Crippen LogP contribution in [-0.2, 0) is 4.79 Å². The van der Waals surface area contributed by atoms with Crippen LogP contribution in [0.25, 0.3) is 0 Å². The minimum atomic E-state index is -0.908. The molecule has 0 bridgehead atoms. The predicted molar refractivity (Wildman–Crippen MR) is 104 cm³/mol. The monoisotopic (exact) mass is 368 g/mol. The van der Waals surface area contributed by atoms with Crippen molar-refractivity contribution in [2.75, 3.05) is 10.6 Å². The van der Waals surface area contributed by atoms with E-state index in [1.54, 1.807) is 24.3 Å². The Morgan fingerprint density at radius 1 is 0.962 bits per heavy atom. The average molecular weight is 369 g/mol. The quantitative estimate of drug-likeness (QED) is 0.617. The van der Waals surface area contributed by atoms with E-state index in [2.05, 4.69) is 10.6 Å². The maximum absolute atomic E-state index is 14.4. The van der Waals surface area contributed by atoms with Gasteiger partial charge in [0.1, 0.15) is 11.9 Å². The number of rotatable bonds is 5. The van der Waals surface area contributed by atoms with Crippen LogP contribution in [-0.4, -0.2) is 5.91 Å². The molecule has 0 aromatic heterocycles. The third-order valence-electron chi connectivity index (χ3n) is 4.03. The molecule has 26 heavy (non-hydrogen) atoms. The number of carbonyl (C=O) groups excluding carboxylic acids is 1. The largest absolute Gasteiger partial charge is 0.370 e. The van der Waals surface area contributed by atoms with Crippen molar-refractivity contribution in [3.8, 4) is 0 Å². The van der Waals surface area contributed by atoms with Gasteiger partial charge in [-0.3, -0.25) is 4.79 Å². The molecule has 0 aliphatic carbocycles. The summed E-state index contributed by atoms with van der Waals surface area (Å²) in [5.74, 6) is -0.845. The van der Waals surface area contributed by atoms with Gasteiger partial charge in [0, 0.05) is 11.3 Å². The summed E-state index contributed by atoms with van der Waals surface area (Å²) >= 11 is 6.21. The molecule has 3 nitrogen and oxygen atoms in total. The van der Waals surface area contributed by atoms with Crippen LogP contribution >= 0.6 is 11.6 Å². The minimum absolute atomic E-state index is 0.263. The van der Waals surface area contributed by atoms with Crippen molar-refractivity contribution in [2.45, 2.75) is 13.0 Å². The fourth-order valence-corrected chi connectivity index (χ4v) is 2.95. The number of aryl methyl sites for hydroxylation is 1. The first kappa shape index (κ1) is 18.0. The topological polar surface area (TPSA) is 41.1 Å². The second kappa shape index (κ2) is 8.02. The molecule has 0 saturated carbocycles. The molecule has 0 radical (unpaired) electrons. The van der Waals surface area contributed by atoms with E-state index in [-0.39, 0.29) is 5.56 Å². The Balaban J connectivity index is 1.95. The predicted octanol–water partition coefficient (Wildman–Crippen LogP) is 5.58. The molecule has 132 valence electrons. The molecule has 0 aliphatic heterocycles. The molecule has 0 heterocycles. The zero-order valence-corrected chi connectivity index (χ0v) is 14.9. The van der Waals surface area contributed by atoms with E-state index in [0.717, 1.165) is 5.56 Å². The van der Waals surface area contributed by atoms with Gasteiger partial charge in [-0.15, -0.1) is 0 Å². The second-order valence-corrected chi connectivity index (χ2v) is 6.29. The Bertz CT molecular complexity index is 895. The maximum atomic E-state index is 14.4. The van der Waals surface area contributed by atoms with Gasteiger partial charge in [0.15, 0.2) is 0 Å². The fraction of sp³-hybridized carbons (Fsp3) is 0.0952. The Morgan fingerprint density at radius 2 is 1.65 bits per heavy atom. The standard InChI is InChI=1S/C21H18ClFN2O/c1-14-8-7-12-17(22)19(14)25-21(26)20(16-11-5-6-13-18(16)23)24-15-9-3-2-4-10-15/h2-13,20,24H,1H3,(H,25,26). The number of anilines is 2. The van der Waals surface area contributed by atoms with Crippen molar-refractivity contribution >= 4 is 28.9 Å². The first-order valence-corrected chi connectivity index (χ1v) is 8.56. The number of halogens is 2. The first-order chi connectivity index (χ1) is 12.6. The molecule has 1 unspecified atom stereocenters. The molecule has 0 aliphatic rings. The zero-order chi connectivity index (χ0) is 18.5. The fourth-order valence-electron chi connectivity index (χ4n) is 2.68. The van der Waals surface area contributed by atoms with Crippen LogP contribution < -0.4 is 10.6 Å². The highest BCUT2D eigenvalue weighted by molar-refractivity contribution is 6.34. The van der Waals surface area contributed by atoms with Crippen molar-refractivity contribution in [3.63, 3.8) is 0 Å². The molecule has 3 aromatic carbocycles. The van der Waals surface area contributed by atoms with Gasteiger partial charge >= 0.3 is 0 Å². The summed E-state index contributed by atoms with van der Waals surface area (Å²) in [7, 11) is 0. The molecule has 1 atom stereocenters. The molecule has 1 amide bonds. The van der Waals surface area contributed by atoms with Crippen LogP contribution in [0.3, 0.4) is 0 Å². The van der Waals surface area contributed by atoms with E-state index in [9.17, 15) is 9.18 Å². The van der Waals surface area contributed by atoms with Gasteiger partial charge < -0.3 is 10.6 Å².